The Kier molecular flexibility index (Phi) is 4.15. The van der Waals surface area contributed by atoms with Crippen LogP contribution in [0.25, 0.3) is 0 Å². The second-order valence-corrected chi connectivity index (χ2v) is 4.07. The molecular weight excluding hydrogens is 233 g/mol. The van der Waals surface area contributed by atoms with Gasteiger partial charge >= 0.3 is 12.1 Å². The van der Waals surface area contributed by atoms with Gasteiger partial charge in [0.1, 0.15) is 0 Å². The van der Waals surface area contributed by atoms with Gasteiger partial charge in [0.05, 0.1) is 17.7 Å². The lowest BCUT2D eigenvalue weighted by Gasteiger charge is -2.09. The van der Waals surface area contributed by atoms with Crippen LogP contribution < -0.4 is 0 Å². The van der Waals surface area contributed by atoms with E-state index >= 15 is 0 Å². The molecule has 0 aliphatic rings. The predicted molar refractivity (Wildman–Crippen MR) is 56.6 cm³/mol. The van der Waals surface area contributed by atoms with E-state index in [1.165, 1.54) is 12.1 Å². The maximum atomic E-state index is 12.4. The molecule has 94 valence electrons. The largest absolute Gasteiger partial charge is 0.462 e. The molecule has 5 heteroatoms. The second-order valence-electron chi connectivity index (χ2n) is 4.07. The number of rotatable bonds is 3. The third-order valence-corrected chi connectivity index (χ3v) is 1.97. The molecule has 0 spiro atoms. The van der Waals surface area contributed by atoms with Crippen LogP contribution in [-0.2, 0) is 10.9 Å². The Morgan fingerprint density at radius 3 is 2.53 bits per heavy atom. The van der Waals surface area contributed by atoms with E-state index in [1.807, 2.05) is 13.8 Å². The van der Waals surface area contributed by atoms with Gasteiger partial charge in [-0.25, -0.2) is 4.79 Å². The first-order chi connectivity index (χ1) is 7.80. The third kappa shape index (κ3) is 4.09. The maximum Gasteiger partial charge on any atom is 0.416 e. The lowest BCUT2D eigenvalue weighted by atomic mass is 10.1. The van der Waals surface area contributed by atoms with Gasteiger partial charge in [0.2, 0.25) is 0 Å². The topological polar surface area (TPSA) is 26.3 Å². The molecule has 0 radical (unpaired) electrons. The molecule has 0 amide bonds. The summed E-state index contributed by atoms with van der Waals surface area (Å²) >= 11 is 0. The third-order valence-electron chi connectivity index (χ3n) is 1.97. The van der Waals surface area contributed by atoms with Crippen LogP contribution in [-0.4, -0.2) is 12.6 Å². The van der Waals surface area contributed by atoms with Gasteiger partial charge in [0, 0.05) is 0 Å². The maximum absolute atomic E-state index is 12.4. The molecule has 0 aliphatic heterocycles. The first-order valence-corrected chi connectivity index (χ1v) is 5.15. The molecular formula is C12H13F3O2. The highest BCUT2D eigenvalue weighted by Crippen LogP contribution is 2.29. The highest BCUT2D eigenvalue weighted by atomic mass is 19.4. The SMILES string of the molecule is CC(C)COC(=O)c1cccc(C(F)(F)F)c1. The fourth-order valence-electron chi connectivity index (χ4n) is 1.15. The van der Waals surface area contributed by atoms with Crippen molar-refractivity contribution in [1.82, 2.24) is 0 Å². The van der Waals surface area contributed by atoms with Gasteiger partial charge in [-0.15, -0.1) is 0 Å². The molecule has 1 rings (SSSR count). The first-order valence-electron chi connectivity index (χ1n) is 5.15. The molecule has 0 aromatic heterocycles. The number of benzene rings is 1. The minimum atomic E-state index is -4.45. The zero-order valence-corrected chi connectivity index (χ0v) is 9.54. The van der Waals surface area contributed by atoms with Crippen molar-refractivity contribution in [3.63, 3.8) is 0 Å². The van der Waals surface area contributed by atoms with E-state index in [-0.39, 0.29) is 18.1 Å². The summed E-state index contributed by atoms with van der Waals surface area (Å²) in [6.07, 6.45) is -4.45. The second kappa shape index (κ2) is 5.21. The van der Waals surface area contributed by atoms with Gasteiger partial charge in [-0.1, -0.05) is 19.9 Å². The minimum absolute atomic E-state index is 0.0829. The minimum Gasteiger partial charge on any atom is -0.462 e. The van der Waals surface area contributed by atoms with E-state index in [2.05, 4.69) is 0 Å². The fraction of sp³-hybridized carbons (Fsp3) is 0.417. The fourth-order valence-corrected chi connectivity index (χ4v) is 1.15. The Morgan fingerprint density at radius 2 is 2.00 bits per heavy atom. The van der Waals surface area contributed by atoms with E-state index in [1.54, 1.807) is 0 Å². The molecule has 0 unspecified atom stereocenters. The number of ether oxygens (including phenoxy) is 1. The summed E-state index contributed by atoms with van der Waals surface area (Å²) < 4.78 is 42.0. The van der Waals surface area contributed by atoms with Gasteiger partial charge < -0.3 is 4.74 Å². The zero-order valence-electron chi connectivity index (χ0n) is 9.54. The number of halogens is 3. The molecule has 0 N–H and O–H groups in total. The number of carbonyl (C=O) groups is 1. The summed E-state index contributed by atoms with van der Waals surface area (Å²) in [5, 5.41) is 0. The standard InChI is InChI=1S/C12H13F3O2/c1-8(2)7-17-11(16)9-4-3-5-10(6-9)12(13,14)15/h3-6,8H,7H2,1-2H3. The van der Waals surface area contributed by atoms with Crippen LogP contribution in [0.2, 0.25) is 0 Å². The zero-order chi connectivity index (χ0) is 13.1. The average Bonchev–Trinajstić information content (AvgIpc) is 2.25. The summed E-state index contributed by atoms with van der Waals surface area (Å²) in [6.45, 7) is 3.88. The summed E-state index contributed by atoms with van der Waals surface area (Å²) in [6, 6.07) is 4.20. The van der Waals surface area contributed by atoms with Crippen molar-refractivity contribution in [3.8, 4) is 0 Å². The predicted octanol–water partition coefficient (Wildman–Crippen LogP) is 3.52. The molecule has 0 atom stereocenters. The lowest BCUT2D eigenvalue weighted by Crippen LogP contribution is -2.12. The molecule has 0 aliphatic carbocycles. The van der Waals surface area contributed by atoms with E-state index in [9.17, 15) is 18.0 Å². The van der Waals surface area contributed by atoms with Crippen molar-refractivity contribution in [3.05, 3.63) is 35.4 Å². The van der Waals surface area contributed by atoms with E-state index < -0.39 is 17.7 Å². The summed E-state index contributed by atoms with van der Waals surface area (Å²) in [5.41, 5.74) is -0.933. The van der Waals surface area contributed by atoms with Gasteiger partial charge in [-0.2, -0.15) is 13.2 Å². The van der Waals surface area contributed by atoms with Crippen molar-refractivity contribution in [2.24, 2.45) is 5.92 Å². The number of alkyl halides is 3. The van der Waals surface area contributed by atoms with Crippen molar-refractivity contribution in [2.75, 3.05) is 6.61 Å². The van der Waals surface area contributed by atoms with Crippen molar-refractivity contribution in [2.45, 2.75) is 20.0 Å². The molecule has 0 saturated heterocycles. The Hall–Kier alpha value is -1.52. The molecule has 0 heterocycles. The Labute approximate surface area is 97.4 Å². The van der Waals surface area contributed by atoms with Crippen LogP contribution in [0.3, 0.4) is 0 Å². The Balaban J connectivity index is 2.81. The Bertz CT molecular complexity index is 397. The number of hydrogen-bond donors (Lipinski definition) is 0. The molecule has 0 fully saturated rings. The lowest BCUT2D eigenvalue weighted by molar-refractivity contribution is -0.137. The van der Waals surface area contributed by atoms with Crippen LogP contribution in [0, 0.1) is 5.92 Å². The van der Waals surface area contributed by atoms with E-state index in [4.69, 9.17) is 4.74 Å². The molecule has 0 saturated carbocycles. The van der Waals surface area contributed by atoms with Crippen molar-refractivity contribution < 1.29 is 22.7 Å². The van der Waals surface area contributed by atoms with Gasteiger partial charge in [0.25, 0.3) is 0 Å². The highest BCUT2D eigenvalue weighted by molar-refractivity contribution is 5.89. The molecule has 1 aromatic rings. The highest BCUT2D eigenvalue weighted by Gasteiger charge is 2.31. The summed E-state index contributed by atoms with van der Waals surface area (Å²) in [5.74, 6) is -0.588. The van der Waals surface area contributed by atoms with Crippen molar-refractivity contribution >= 4 is 5.97 Å². The van der Waals surface area contributed by atoms with Gasteiger partial charge in [-0.3, -0.25) is 0 Å². The van der Waals surface area contributed by atoms with Crippen LogP contribution >= 0.6 is 0 Å². The molecule has 0 bridgehead atoms. The van der Waals surface area contributed by atoms with Crippen LogP contribution in [0.1, 0.15) is 29.8 Å². The average molecular weight is 246 g/mol. The Morgan fingerprint density at radius 1 is 1.35 bits per heavy atom. The molecule has 17 heavy (non-hydrogen) atoms. The quantitative estimate of drug-likeness (QED) is 0.763. The summed E-state index contributed by atoms with van der Waals surface area (Å²) in [4.78, 5) is 11.4. The first kappa shape index (κ1) is 13.5. The molecule has 1 aromatic carbocycles. The smallest absolute Gasteiger partial charge is 0.416 e. The number of esters is 1. The molecule has 2 nitrogen and oxygen atoms in total. The van der Waals surface area contributed by atoms with Gasteiger partial charge in [0.15, 0.2) is 0 Å². The number of carbonyl (C=O) groups excluding carboxylic acids is 1. The van der Waals surface area contributed by atoms with Crippen LogP contribution in [0.4, 0.5) is 13.2 Å². The normalized spacial score (nSPS) is 11.6. The van der Waals surface area contributed by atoms with Gasteiger partial charge in [-0.05, 0) is 24.1 Å². The van der Waals surface area contributed by atoms with Crippen molar-refractivity contribution in [1.29, 1.82) is 0 Å². The summed E-state index contributed by atoms with van der Waals surface area (Å²) in [7, 11) is 0. The van der Waals surface area contributed by atoms with E-state index in [0.717, 1.165) is 12.1 Å². The monoisotopic (exact) mass is 246 g/mol. The van der Waals surface area contributed by atoms with Crippen LogP contribution in [0.15, 0.2) is 24.3 Å². The van der Waals surface area contributed by atoms with Crippen LogP contribution in [0.5, 0.6) is 0 Å². The number of hydrogen-bond acceptors (Lipinski definition) is 2. The van der Waals surface area contributed by atoms with E-state index in [0.29, 0.717) is 0 Å².